The lowest BCUT2D eigenvalue weighted by Gasteiger charge is -1.85. The summed E-state index contributed by atoms with van der Waals surface area (Å²) in [6, 6.07) is 0. The van der Waals surface area contributed by atoms with Crippen LogP contribution in [-0.2, 0) is 0 Å². The van der Waals surface area contributed by atoms with Gasteiger partial charge in [-0.3, -0.25) is 0 Å². The first-order valence-electron chi connectivity index (χ1n) is 1.55. The number of alkyl halides is 2. The Morgan fingerprint density at radius 2 is 2.20 bits per heavy atom. The molecule has 0 aliphatic heterocycles. The van der Waals surface area contributed by atoms with Crippen LogP contribution in [0.3, 0.4) is 0 Å². The fourth-order valence-electron chi connectivity index (χ4n) is 0. The van der Waals surface area contributed by atoms with Crippen LogP contribution in [0.15, 0.2) is 0 Å². The van der Waals surface area contributed by atoms with Crippen molar-refractivity contribution in [3.8, 4) is 0 Å². The fourth-order valence-corrected chi connectivity index (χ4v) is 0. The topological polar surface area (TPSA) is 0 Å². The van der Waals surface area contributed by atoms with Crippen molar-refractivity contribution in [2.45, 2.75) is 16.2 Å². The molecule has 0 nitrogen and oxygen atoms in total. The highest BCUT2D eigenvalue weighted by Crippen LogP contribution is 2.10. The van der Waals surface area contributed by atoms with Gasteiger partial charge in [0.05, 0.1) is 2.83 Å². The summed E-state index contributed by atoms with van der Waals surface area (Å²) >= 11 is 5.68. The minimum absolute atomic E-state index is 0.667. The van der Waals surface area contributed by atoms with E-state index < -0.39 is 0 Å². The van der Waals surface area contributed by atoms with Crippen molar-refractivity contribution in [2.75, 3.05) is 0 Å². The summed E-state index contributed by atoms with van der Waals surface area (Å²) in [4.78, 5) is 0. The molecule has 0 saturated heterocycles. The average molecular weight is 249 g/mol. The van der Waals surface area contributed by atoms with Crippen LogP contribution in [0.2, 0.25) is 0 Å². The average Bonchev–Trinajstić information content (AvgIpc) is 1.38. The molecule has 0 spiro atoms. The van der Waals surface area contributed by atoms with E-state index in [1.807, 2.05) is 0 Å². The fraction of sp³-hybridized carbons (Fsp3) is 1.00. The molecular formula is C3H6BrI. The third-order valence-corrected chi connectivity index (χ3v) is 1.84. The van der Waals surface area contributed by atoms with E-state index in [0.29, 0.717) is 2.83 Å². The van der Waals surface area contributed by atoms with Crippen LogP contribution in [0.1, 0.15) is 13.3 Å². The molecule has 0 N–H and O–H groups in total. The minimum atomic E-state index is 0.667. The van der Waals surface area contributed by atoms with Crippen LogP contribution in [-0.4, -0.2) is 2.83 Å². The monoisotopic (exact) mass is 248 g/mol. The molecule has 1 atom stereocenters. The maximum absolute atomic E-state index is 3.36. The first kappa shape index (κ1) is 6.21. The highest BCUT2D eigenvalue weighted by Gasteiger charge is 1.85. The van der Waals surface area contributed by atoms with E-state index in [4.69, 9.17) is 0 Å². The van der Waals surface area contributed by atoms with E-state index in [9.17, 15) is 0 Å². The van der Waals surface area contributed by atoms with Crippen LogP contribution in [0.25, 0.3) is 0 Å². The highest BCUT2D eigenvalue weighted by atomic mass is 127. The number of rotatable bonds is 1. The van der Waals surface area contributed by atoms with Crippen LogP contribution < -0.4 is 0 Å². The summed E-state index contributed by atoms with van der Waals surface area (Å²) in [5, 5.41) is 0. The number of hydrogen-bond donors (Lipinski definition) is 0. The molecule has 0 fully saturated rings. The van der Waals surface area contributed by atoms with Gasteiger partial charge < -0.3 is 0 Å². The first-order chi connectivity index (χ1) is 2.27. The van der Waals surface area contributed by atoms with E-state index in [1.165, 1.54) is 6.42 Å². The van der Waals surface area contributed by atoms with E-state index in [2.05, 4.69) is 45.4 Å². The third kappa shape index (κ3) is 5.21. The third-order valence-electron chi connectivity index (χ3n) is 0.309. The molecule has 0 heterocycles. The molecule has 5 heavy (non-hydrogen) atoms. The van der Waals surface area contributed by atoms with Crippen molar-refractivity contribution < 1.29 is 0 Å². The lowest BCUT2D eigenvalue weighted by atomic mass is 10.6. The molecule has 0 aromatic rings. The Morgan fingerprint density at radius 1 is 2.00 bits per heavy atom. The molecule has 0 rings (SSSR count). The van der Waals surface area contributed by atoms with Gasteiger partial charge in [-0.05, 0) is 6.42 Å². The molecule has 0 aliphatic rings. The van der Waals surface area contributed by atoms with Gasteiger partial charge in [-0.2, -0.15) is 0 Å². The summed E-state index contributed by atoms with van der Waals surface area (Å²) in [6.07, 6.45) is 1.21. The van der Waals surface area contributed by atoms with Gasteiger partial charge in [0.2, 0.25) is 0 Å². The molecule has 0 aromatic carbocycles. The maximum atomic E-state index is 3.36. The molecule has 0 amide bonds. The molecular weight excluding hydrogens is 243 g/mol. The quantitative estimate of drug-likeness (QED) is 0.494. The van der Waals surface area contributed by atoms with Crippen molar-refractivity contribution in [2.24, 2.45) is 0 Å². The van der Waals surface area contributed by atoms with Gasteiger partial charge in [-0.25, -0.2) is 0 Å². The van der Waals surface area contributed by atoms with E-state index in [0.717, 1.165) is 0 Å². The molecule has 0 bridgehead atoms. The molecule has 2 heteroatoms. The van der Waals surface area contributed by atoms with Crippen LogP contribution in [0, 0.1) is 0 Å². The van der Waals surface area contributed by atoms with Gasteiger partial charge in [0.1, 0.15) is 0 Å². The van der Waals surface area contributed by atoms with E-state index in [-0.39, 0.29) is 0 Å². The van der Waals surface area contributed by atoms with Gasteiger partial charge in [-0.1, -0.05) is 45.4 Å². The zero-order valence-corrected chi connectivity index (χ0v) is 6.78. The zero-order chi connectivity index (χ0) is 4.28. The minimum Gasteiger partial charge on any atom is -0.0775 e. The molecule has 0 radical (unpaired) electrons. The smallest absolute Gasteiger partial charge is 0.0659 e. The summed E-state index contributed by atoms with van der Waals surface area (Å²) in [7, 11) is 0. The summed E-state index contributed by atoms with van der Waals surface area (Å²) in [6.45, 7) is 2.14. The van der Waals surface area contributed by atoms with Crippen LogP contribution >= 0.6 is 38.5 Å². The van der Waals surface area contributed by atoms with Crippen LogP contribution in [0.4, 0.5) is 0 Å². The molecule has 0 saturated carbocycles. The first-order valence-corrected chi connectivity index (χ1v) is 3.71. The van der Waals surface area contributed by atoms with Gasteiger partial charge in [0.25, 0.3) is 0 Å². The van der Waals surface area contributed by atoms with Crippen molar-refractivity contribution in [1.29, 1.82) is 0 Å². The molecule has 0 aliphatic carbocycles. The van der Waals surface area contributed by atoms with E-state index >= 15 is 0 Å². The van der Waals surface area contributed by atoms with Crippen molar-refractivity contribution in [3.05, 3.63) is 0 Å². The van der Waals surface area contributed by atoms with Gasteiger partial charge in [0, 0.05) is 0 Å². The SMILES string of the molecule is CCC(Br)I. The summed E-state index contributed by atoms with van der Waals surface area (Å²) < 4.78 is 0.667. The Hall–Kier alpha value is 1.21. The Morgan fingerprint density at radius 3 is 2.20 bits per heavy atom. The normalized spacial score (nSPS) is 15.0. The van der Waals surface area contributed by atoms with Gasteiger partial charge in [-0.15, -0.1) is 0 Å². The highest BCUT2D eigenvalue weighted by molar-refractivity contribution is 14.1. The maximum Gasteiger partial charge on any atom is 0.0659 e. The Balaban J connectivity index is 2.54. The van der Waals surface area contributed by atoms with Crippen molar-refractivity contribution in [1.82, 2.24) is 0 Å². The largest absolute Gasteiger partial charge is 0.0775 e. The second-order valence-corrected chi connectivity index (χ2v) is 5.12. The number of hydrogen-bond acceptors (Lipinski definition) is 0. The lowest BCUT2D eigenvalue weighted by molar-refractivity contribution is 1.10. The van der Waals surface area contributed by atoms with Gasteiger partial charge in [0.15, 0.2) is 0 Å². The van der Waals surface area contributed by atoms with Crippen molar-refractivity contribution in [3.63, 3.8) is 0 Å². The second-order valence-electron chi connectivity index (χ2n) is 0.799. The predicted molar refractivity (Wildman–Crippen MR) is 37.0 cm³/mol. The zero-order valence-electron chi connectivity index (χ0n) is 3.04. The summed E-state index contributed by atoms with van der Waals surface area (Å²) in [5.74, 6) is 0. The Kier molecular flexibility index (Phi) is 4.23. The van der Waals surface area contributed by atoms with Crippen molar-refractivity contribution >= 4 is 38.5 Å². The Bertz CT molecular complexity index is 20.9. The molecule has 32 valence electrons. The molecule has 1 unspecified atom stereocenters. The van der Waals surface area contributed by atoms with E-state index in [1.54, 1.807) is 0 Å². The molecule has 0 aromatic heterocycles. The number of halogens is 2. The predicted octanol–water partition coefficient (Wildman–Crippen LogP) is 2.55. The standard InChI is InChI=1S/C3H6BrI/c1-2-3(4)5/h3H,2H2,1H3. The Labute approximate surface area is 54.6 Å². The van der Waals surface area contributed by atoms with Crippen LogP contribution in [0.5, 0.6) is 0 Å². The summed E-state index contributed by atoms with van der Waals surface area (Å²) in [5.41, 5.74) is 0. The second kappa shape index (κ2) is 3.40. The van der Waals surface area contributed by atoms with Gasteiger partial charge >= 0.3 is 0 Å². The lowest BCUT2D eigenvalue weighted by Crippen LogP contribution is -1.73.